The van der Waals surface area contributed by atoms with E-state index in [1.165, 1.54) is 62.9 Å². The van der Waals surface area contributed by atoms with Crippen LogP contribution in [0.4, 0.5) is 0 Å². The Morgan fingerprint density at radius 1 is 1.19 bits per heavy atom. The highest BCUT2D eigenvalue weighted by Crippen LogP contribution is 2.33. The molecule has 0 bridgehead atoms. The molecule has 2 aliphatic rings. The Hall–Kier alpha value is -0.570. The number of nitrogens with one attached hydrogen (secondary N) is 1. The van der Waals surface area contributed by atoms with Crippen molar-refractivity contribution in [1.82, 2.24) is 10.2 Å². The molecule has 2 aliphatic heterocycles. The number of hydrogen-bond acceptors (Lipinski definition) is 2. The van der Waals surface area contributed by atoms with Crippen LogP contribution < -0.4 is 5.32 Å². The number of piperidine rings is 2. The Morgan fingerprint density at radius 3 is 2.67 bits per heavy atom. The van der Waals surface area contributed by atoms with Crippen molar-refractivity contribution >= 4 is 11.6 Å². The van der Waals surface area contributed by atoms with E-state index in [0.29, 0.717) is 12.0 Å². The van der Waals surface area contributed by atoms with Gasteiger partial charge in [-0.3, -0.25) is 0 Å². The molecule has 1 aromatic carbocycles. The average molecular weight is 307 g/mol. The quantitative estimate of drug-likeness (QED) is 0.913. The van der Waals surface area contributed by atoms with Crippen LogP contribution in [0.2, 0.25) is 5.02 Å². The molecule has 1 N–H and O–H groups in total. The van der Waals surface area contributed by atoms with E-state index in [2.05, 4.69) is 35.5 Å². The predicted molar refractivity (Wildman–Crippen MR) is 90.3 cm³/mol. The number of benzene rings is 1. The van der Waals surface area contributed by atoms with E-state index in [0.717, 1.165) is 11.4 Å². The summed E-state index contributed by atoms with van der Waals surface area (Å²) in [5.74, 6) is 0.649. The molecule has 0 amide bonds. The van der Waals surface area contributed by atoms with Gasteiger partial charge in [0.2, 0.25) is 0 Å². The minimum atomic E-state index is 0.643. The van der Waals surface area contributed by atoms with Crippen molar-refractivity contribution in [1.29, 1.82) is 0 Å². The molecule has 2 saturated heterocycles. The molecule has 116 valence electrons. The maximum atomic E-state index is 6.58. The molecule has 2 fully saturated rings. The van der Waals surface area contributed by atoms with Crippen molar-refractivity contribution in [3.8, 4) is 0 Å². The molecular formula is C18H27ClN2. The van der Waals surface area contributed by atoms with Gasteiger partial charge in [-0.05, 0) is 81.9 Å². The number of rotatable bonds is 3. The van der Waals surface area contributed by atoms with Crippen molar-refractivity contribution in [2.24, 2.45) is 0 Å². The van der Waals surface area contributed by atoms with Gasteiger partial charge >= 0.3 is 0 Å². The SMILES string of the molecule is CN1CCC(c2ccc(CC3CCCCN3)cc2Cl)CC1. The third-order valence-electron chi connectivity index (χ3n) is 5.12. The van der Waals surface area contributed by atoms with Crippen molar-refractivity contribution in [3.05, 3.63) is 34.3 Å². The molecule has 21 heavy (non-hydrogen) atoms. The maximum absolute atomic E-state index is 6.58. The number of halogens is 1. The lowest BCUT2D eigenvalue weighted by Gasteiger charge is -2.30. The summed E-state index contributed by atoms with van der Waals surface area (Å²) in [4.78, 5) is 2.41. The van der Waals surface area contributed by atoms with Crippen LogP contribution >= 0.6 is 11.6 Å². The first kappa shape index (κ1) is 15.3. The van der Waals surface area contributed by atoms with E-state index < -0.39 is 0 Å². The van der Waals surface area contributed by atoms with Crippen LogP contribution in [0.1, 0.15) is 49.1 Å². The maximum Gasteiger partial charge on any atom is 0.0443 e. The van der Waals surface area contributed by atoms with Gasteiger partial charge in [-0.1, -0.05) is 30.2 Å². The lowest BCUT2D eigenvalue weighted by molar-refractivity contribution is 0.255. The van der Waals surface area contributed by atoms with Crippen LogP contribution in [0.15, 0.2) is 18.2 Å². The zero-order valence-corrected chi connectivity index (χ0v) is 13.8. The Balaban J connectivity index is 1.64. The van der Waals surface area contributed by atoms with Gasteiger partial charge < -0.3 is 10.2 Å². The first-order valence-corrected chi connectivity index (χ1v) is 8.80. The Kier molecular flexibility index (Phi) is 5.20. The predicted octanol–water partition coefficient (Wildman–Crippen LogP) is 3.83. The summed E-state index contributed by atoms with van der Waals surface area (Å²) in [6.45, 7) is 3.55. The molecular weight excluding hydrogens is 280 g/mol. The first-order chi connectivity index (χ1) is 10.2. The fourth-order valence-corrected chi connectivity index (χ4v) is 4.09. The monoisotopic (exact) mass is 306 g/mol. The molecule has 0 aliphatic carbocycles. The summed E-state index contributed by atoms with van der Waals surface area (Å²) in [5.41, 5.74) is 2.75. The molecule has 0 spiro atoms. The highest BCUT2D eigenvalue weighted by molar-refractivity contribution is 6.31. The summed E-state index contributed by atoms with van der Waals surface area (Å²) < 4.78 is 0. The number of hydrogen-bond donors (Lipinski definition) is 1. The fraction of sp³-hybridized carbons (Fsp3) is 0.667. The standard InChI is InChI=1S/C18H27ClN2/c1-21-10-7-15(8-11-21)17-6-5-14(13-18(17)19)12-16-4-2-3-9-20-16/h5-6,13,15-16,20H,2-4,7-12H2,1H3. The normalized spacial score (nSPS) is 25.1. The smallest absolute Gasteiger partial charge is 0.0443 e. The Labute approximate surface area is 133 Å². The molecule has 3 heteroatoms. The van der Waals surface area contributed by atoms with E-state index in [4.69, 9.17) is 11.6 Å². The third-order valence-corrected chi connectivity index (χ3v) is 5.45. The van der Waals surface area contributed by atoms with Gasteiger partial charge in [0.05, 0.1) is 0 Å². The van der Waals surface area contributed by atoms with E-state index in [1.807, 2.05) is 0 Å². The van der Waals surface area contributed by atoms with Gasteiger partial charge in [0.15, 0.2) is 0 Å². The zero-order chi connectivity index (χ0) is 14.7. The van der Waals surface area contributed by atoms with Crippen LogP contribution in [0.3, 0.4) is 0 Å². The summed E-state index contributed by atoms with van der Waals surface area (Å²) in [7, 11) is 2.21. The van der Waals surface area contributed by atoms with Gasteiger partial charge in [0, 0.05) is 11.1 Å². The van der Waals surface area contributed by atoms with Crippen LogP contribution in [-0.2, 0) is 6.42 Å². The van der Waals surface area contributed by atoms with Crippen molar-refractivity contribution in [2.45, 2.75) is 50.5 Å². The van der Waals surface area contributed by atoms with Crippen molar-refractivity contribution in [2.75, 3.05) is 26.7 Å². The van der Waals surface area contributed by atoms with Gasteiger partial charge in [-0.25, -0.2) is 0 Å². The molecule has 0 saturated carbocycles. The van der Waals surface area contributed by atoms with Crippen LogP contribution in [-0.4, -0.2) is 37.6 Å². The van der Waals surface area contributed by atoms with Gasteiger partial charge in [-0.2, -0.15) is 0 Å². The van der Waals surface area contributed by atoms with Crippen LogP contribution in [0, 0.1) is 0 Å². The average Bonchev–Trinajstić information content (AvgIpc) is 2.50. The summed E-state index contributed by atoms with van der Waals surface area (Å²) >= 11 is 6.58. The molecule has 2 heterocycles. The summed E-state index contributed by atoms with van der Waals surface area (Å²) in [6.07, 6.45) is 7.58. The number of nitrogens with zero attached hydrogens (tertiary/aromatic N) is 1. The minimum Gasteiger partial charge on any atom is -0.314 e. The van der Waals surface area contributed by atoms with Gasteiger partial charge in [-0.15, -0.1) is 0 Å². The second kappa shape index (κ2) is 7.13. The molecule has 1 atom stereocenters. The second-order valence-electron chi connectivity index (χ2n) is 6.78. The first-order valence-electron chi connectivity index (χ1n) is 8.42. The van der Waals surface area contributed by atoms with E-state index >= 15 is 0 Å². The van der Waals surface area contributed by atoms with Gasteiger partial charge in [0.1, 0.15) is 0 Å². The largest absolute Gasteiger partial charge is 0.314 e. The molecule has 1 aromatic rings. The fourth-order valence-electron chi connectivity index (χ4n) is 3.73. The van der Waals surface area contributed by atoms with Crippen LogP contribution in [0.5, 0.6) is 0 Å². The lowest BCUT2D eigenvalue weighted by Crippen LogP contribution is -2.35. The van der Waals surface area contributed by atoms with E-state index in [-0.39, 0.29) is 0 Å². The molecule has 3 rings (SSSR count). The molecule has 2 nitrogen and oxygen atoms in total. The highest BCUT2D eigenvalue weighted by Gasteiger charge is 2.21. The molecule has 0 aromatic heterocycles. The molecule has 1 unspecified atom stereocenters. The van der Waals surface area contributed by atoms with E-state index in [9.17, 15) is 0 Å². The van der Waals surface area contributed by atoms with Crippen molar-refractivity contribution < 1.29 is 0 Å². The zero-order valence-electron chi connectivity index (χ0n) is 13.1. The lowest BCUT2D eigenvalue weighted by atomic mass is 9.88. The Bertz CT molecular complexity index is 460. The topological polar surface area (TPSA) is 15.3 Å². The Morgan fingerprint density at radius 2 is 2.00 bits per heavy atom. The van der Waals surface area contributed by atoms with Gasteiger partial charge in [0.25, 0.3) is 0 Å². The molecule has 0 radical (unpaired) electrons. The second-order valence-corrected chi connectivity index (χ2v) is 7.19. The third kappa shape index (κ3) is 4.00. The van der Waals surface area contributed by atoms with Crippen LogP contribution in [0.25, 0.3) is 0 Å². The van der Waals surface area contributed by atoms with Crippen molar-refractivity contribution in [3.63, 3.8) is 0 Å². The minimum absolute atomic E-state index is 0.643. The summed E-state index contributed by atoms with van der Waals surface area (Å²) in [5, 5.41) is 4.61. The summed E-state index contributed by atoms with van der Waals surface area (Å²) in [6, 6.07) is 7.45. The number of likely N-dealkylation sites (tertiary alicyclic amines) is 1. The van der Waals surface area contributed by atoms with E-state index in [1.54, 1.807) is 0 Å². The highest BCUT2D eigenvalue weighted by atomic mass is 35.5.